The maximum atomic E-state index is 12.7. The number of nitrogens with zero attached hydrogens (tertiary/aromatic N) is 4. The number of benzene rings is 2. The molecule has 0 fully saturated rings. The van der Waals surface area contributed by atoms with Crippen LogP contribution in [0.5, 0.6) is 0 Å². The molecule has 0 N–H and O–H groups in total. The molecule has 0 aliphatic rings. The van der Waals surface area contributed by atoms with Crippen molar-refractivity contribution in [2.24, 2.45) is 0 Å². The van der Waals surface area contributed by atoms with Crippen LogP contribution < -0.4 is 5.56 Å². The largest absolute Gasteiger partial charge is 0.335 e. The van der Waals surface area contributed by atoms with Crippen LogP contribution in [0, 0.1) is 6.92 Å². The highest BCUT2D eigenvalue weighted by atomic mass is 35.5. The highest BCUT2D eigenvalue weighted by Gasteiger charge is 2.11. The molecule has 2 aromatic carbocycles. The number of fused-ring (bicyclic) bond motifs is 1. The van der Waals surface area contributed by atoms with Crippen molar-refractivity contribution in [3.05, 3.63) is 87.0 Å². The molecule has 27 heavy (non-hydrogen) atoms. The average Bonchev–Trinajstić information content (AvgIpc) is 3.12. The fourth-order valence-corrected chi connectivity index (χ4v) is 2.98. The Labute approximate surface area is 159 Å². The summed E-state index contributed by atoms with van der Waals surface area (Å²) in [7, 11) is 0. The molecule has 0 amide bonds. The normalized spacial score (nSPS) is 11.5. The average molecular weight is 379 g/mol. The van der Waals surface area contributed by atoms with Crippen LogP contribution in [0.25, 0.3) is 23.1 Å². The van der Waals surface area contributed by atoms with Crippen LogP contribution in [0.3, 0.4) is 0 Å². The van der Waals surface area contributed by atoms with Gasteiger partial charge in [0.1, 0.15) is 5.82 Å². The zero-order chi connectivity index (χ0) is 18.8. The first-order chi connectivity index (χ1) is 13.1. The van der Waals surface area contributed by atoms with Gasteiger partial charge in [-0.15, -0.1) is 0 Å². The van der Waals surface area contributed by atoms with Crippen LogP contribution in [0.15, 0.2) is 57.8 Å². The number of aryl methyl sites for hydroxylation is 1. The minimum atomic E-state index is -0.129. The van der Waals surface area contributed by atoms with Gasteiger partial charge < -0.3 is 4.52 Å². The Balaban J connectivity index is 1.61. The van der Waals surface area contributed by atoms with Gasteiger partial charge in [0.05, 0.1) is 17.4 Å². The summed E-state index contributed by atoms with van der Waals surface area (Å²) < 4.78 is 6.78. The summed E-state index contributed by atoms with van der Waals surface area (Å²) in [6, 6.07) is 14.7. The van der Waals surface area contributed by atoms with E-state index in [4.69, 9.17) is 16.1 Å². The van der Waals surface area contributed by atoms with Crippen molar-refractivity contribution < 1.29 is 4.52 Å². The number of aromatic nitrogens is 4. The molecule has 0 saturated heterocycles. The molecule has 0 atom stereocenters. The Kier molecular flexibility index (Phi) is 4.56. The molecular formula is C20H15ClN4O2. The fourth-order valence-electron chi connectivity index (χ4n) is 2.78. The Bertz CT molecular complexity index is 1210. The van der Waals surface area contributed by atoms with E-state index in [-0.39, 0.29) is 12.1 Å². The summed E-state index contributed by atoms with van der Waals surface area (Å²) in [5, 5.41) is 5.15. The van der Waals surface area contributed by atoms with E-state index in [1.165, 1.54) is 4.57 Å². The molecule has 6 nitrogen and oxygen atoms in total. The van der Waals surface area contributed by atoms with Crippen LogP contribution in [0.2, 0.25) is 5.02 Å². The van der Waals surface area contributed by atoms with Crippen LogP contribution in [-0.4, -0.2) is 19.7 Å². The molecule has 2 aromatic heterocycles. The van der Waals surface area contributed by atoms with Crippen molar-refractivity contribution in [2.75, 3.05) is 0 Å². The van der Waals surface area contributed by atoms with E-state index >= 15 is 0 Å². The lowest BCUT2D eigenvalue weighted by molar-refractivity contribution is 0.401. The summed E-state index contributed by atoms with van der Waals surface area (Å²) in [5.74, 6) is 1.33. The predicted octanol–water partition coefficient (Wildman–Crippen LogP) is 3.96. The zero-order valence-electron chi connectivity index (χ0n) is 14.5. The van der Waals surface area contributed by atoms with Crippen LogP contribution in [0.1, 0.15) is 23.1 Å². The third-order valence-corrected chi connectivity index (χ3v) is 4.49. The lowest BCUT2D eigenvalue weighted by Gasteiger charge is -2.08. The van der Waals surface area contributed by atoms with E-state index in [1.54, 1.807) is 25.1 Å². The number of rotatable bonds is 4. The summed E-state index contributed by atoms with van der Waals surface area (Å²) in [4.78, 5) is 21.5. The fraction of sp³-hybridized carbons (Fsp3) is 0.100. The summed E-state index contributed by atoms with van der Waals surface area (Å²) in [6.07, 6.45) is 3.49. The predicted molar refractivity (Wildman–Crippen MR) is 105 cm³/mol. The van der Waals surface area contributed by atoms with E-state index < -0.39 is 0 Å². The maximum absolute atomic E-state index is 12.7. The van der Waals surface area contributed by atoms with Gasteiger partial charge >= 0.3 is 0 Å². The van der Waals surface area contributed by atoms with Crippen LogP contribution >= 0.6 is 11.6 Å². The maximum Gasteiger partial charge on any atom is 0.261 e. The lowest BCUT2D eigenvalue weighted by Crippen LogP contribution is -2.24. The van der Waals surface area contributed by atoms with Crippen molar-refractivity contribution in [1.29, 1.82) is 0 Å². The van der Waals surface area contributed by atoms with E-state index in [9.17, 15) is 4.79 Å². The molecule has 134 valence electrons. The van der Waals surface area contributed by atoms with Crippen molar-refractivity contribution in [3.63, 3.8) is 0 Å². The number of para-hydroxylation sites is 1. The van der Waals surface area contributed by atoms with Gasteiger partial charge in [0.2, 0.25) is 0 Å². The monoisotopic (exact) mass is 378 g/mol. The van der Waals surface area contributed by atoms with Crippen molar-refractivity contribution in [2.45, 2.75) is 13.5 Å². The van der Waals surface area contributed by atoms with Gasteiger partial charge in [0, 0.05) is 11.1 Å². The van der Waals surface area contributed by atoms with Crippen LogP contribution in [-0.2, 0) is 6.54 Å². The molecule has 0 saturated carbocycles. The number of hydrogen-bond donors (Lipinski definition) is 0. The molecule has 0 aliphatic heterocycles. The molecule has 0 radical (unpaired) electrons. The standard InChI is InChI=1S/C20H15ClN4O2/c1-13-22-17-9-5-3-7-15(17)20(26)25(13)12-18-23-19(27-24-18)11-10-14-6-2-4-8-16(14)21/h2-11H,12H2,1H3/b11-10+. The van der Waals surface area contributed by atoms with Gasteiger partial charge in [0.15, 0.2) is 5.82 Å². The summed E-state index contributed by atoms with van der Waals surface area (Å²) >= 11 is 6.12. The van der Waals surface area contributed by atoms with Gasteiger partial charge in [-0.3, -0.25) is 9.36 Å². The SMILES string of the molecule is Cc1nc2ccccc2c(=O)n1Cc1noc(/C=C/c2ccccc2Cl)n1. The van der Waals surface area contributed by atoms with E-state index in [2.05, 4.69) is 15.1 Å². The molecule has 4 aromatic rings. The van der Waals surface area contributed by atoms with E-state index in [0.29, 0.717) is 33.5 Å². The third-order valence-electron chi connectivity index (χ3n) is 4.15. The summed E-state index contributed by atoms with van der Waals surface area (Å²) in [6.45, 7) is 1.97. The van der Waals surface area contributed by atoms with Crippen molar-refractivity contribution >= 4 is 34.7 Å². The number of halogens is 1. The van der Waals surface area contributed by atoms with Gasteiger partial charge in [-0.2, -0.15) is 4.98 Å². The smallest absolute Gasteiger partial charge is 0.261 e. The second-order valence-electron chi connectivity index (χ2n) is 5.97. The summed E-state index contributed by atoms with van der Waals surface area (Å²) in [5.41, 5.74) is 1.40. The number of hydrogen-bond acceptors (Lipinski definition) is 5. The first kappa shape index (κ1) is 17.2. The lowest BCUT2D eigenvalue weighted by atomic mass is 10.2. The molecule has 0 unspecified atom stereocenters. The molecule has 0 bridgehead atoms. The van der Waals surface area contributed by atoms with E-state index in [1.807, 2.05) is 42.5 Å². The van der Waals surface area contributed by atoms with Gasteiger partial charge in [-0.05, 0) is 36.8 Å². The molecular weight excluding hydrogens is 364 g/mol. The van der Waals surface area contributed by atoms with Crippen molar-refractivity contribution in [1.82, 2.24) is 19.7 Å². The minimum absolute atomic E-state index is 0.129. The Morgan fingerprint density at radius 2 is 1.85 bits per heavy atom. The third kappa shape index (κ3) is 3.52. The molecule has 2 heterocycles. The van der Waals surface area contributed by atoms with Gasteiger partial charge in [0.25, 0.3) is 11.4 Å². The molecule has 0 spiro atoms. The van der Waals surface area contributed by atoms with Gasteiger partial charge in [-0.1, -0.05) is 47.1 Å². The molecule has 7 heteroatoms. The quantitative estimate of drug-likeness (QED) is 0.537. The minimum Gasteiger partial charge on any atom is -0.335 e. The highest BCUT2D eigenvalue weighted by molar-refractivity contribution is 6.32. The second kappa shape index (κ2) is 7.17. The topological polar surface area (TPSA) is 73.8 Å². The van der Waals surface area contributed by atoms with Gasteiger partial charge in [-0.25, -0.2) is 4.98 Å². The first-order valence-electron chi connectivity index (χ1n) is 8.33. The zero-order valence-corrected chi connectivity index (χ0v) is 15.2. The Hall–Kier alpha value is -3.25. The van der Waals surface area contributed by atoms with Crippen molar-refractivity contribution in [3.8, 4) is 0 Å². The molecule has 4 rings (SSSR count). The highest BCUT2D eigenvalue weighted by Crippen LogP contribution is 2.17. The Morgan fingerprint density at radius 1 is 1.07 bits per heavy atom. The first-order valence-corrected chi connectivity index (χ1v) is 8.71. The van der Waals surface area contributed by atoms with E-state index in [0.717, 1.165) is 5.56 Å². The second-order valence-corrected chi connectivity index (χ2v) is 6.38. The molecule has 0 aliphatic carbocycles. The van der Waals surface area contributed by atoms with Crippen LogP contribution in [0.4, 0.5) is 0 Å². The Morgan fingerprint density at radius 3 is 2.70 bits per heavy atom.